The van der Waals surface area contributed by atoms with Gasteiger partial charge in [0.05, 0.1) is 29.7 Å². The van der Waals surface area contributed by atoms with Crippen molar-refractivity contribution < 1.29 is 59.2 Å². The van der Waals surface area contributed by atoms with Crippen molar-refractivity contribution in [2.45, 2.75) is 82.1 Å². The Morgan fingerprint density at radius 1 is 0.981 bits per heavy atom. The van der Waals surface area contributed by atoms with E-state index >= 15 is 0 Å². The summed E-state index contributed by atoms with van der Waals surface area (Å²) in [6.07, 6.45) is -1.59. The van der Waals surface area contributed by atoms with Crippen molar-refractivity contribution in [3.05, 3.63) is 64.7 Å². The summed E-state index contributed by atoms with van der Waals surface area (Å²) in [6.45, 7) is 2.33. The highest BCUT2D eigenvalue weighted by molar-refractivity contribution is 8.76. The monoisotopic (exact) mass is 784 g/mol. The molecule has 12 nitrogen and oxygen atoms in total. The SMILES string of the molecule is Cc1c(C(=O)CCc2ccccc2)c(O)c2c(O[C@H]3O[C@H](CO)[C@@]4(CC[C@H]5CCC[C@@H]6COC[C@H](CSSCO4)[C@@H]56)[C@H](O)[C@H]3O)cc(C(=O)O)cc2c1O. The largest absolute Gasteiger partial charge is 0.507 e. The summed E-state index contributed by atoms with van der Waals surface area (Å²) in [5.74, 6) is -0.356. The molecule has 14 heteroatoms. The first-order chi connectivity index (χ1) is 26.0. The number of rotatable bonds is 8. The van der Waals surface area contributed by atoms with Crippen LogP contribution in [0.25, 0.3) is 10.8 Å². The third-order valence-corrected chi connectivity index (χ3v) is 14.2. The van der Waals surface area contributed by atoms with Gasteiger partial charge in [0.2, 0.25) is 6.29 Å². The van der Waals surface area contributed by atoms with Gasteiger partial charge in [-0.25, -0.2) is 4.79 Å². The number of fused-ring (bicyclic) bond motifs is 1. The van der Waals surface area contributed by atoms with Crippen LogP contribution in [0.15, 0.2) is 42.5 Å². The number of carboxylic acid groups (broad SMARTS) is 1. The number of hydrogen-bond donors (Lipinski definition) is 6. The van der Waals surface area contributed by atoms with Gasteiger partial charge in [-0.3, -0.25) is 4.79 Å². The molecule has 0 amide bonds. The number of aromatic hydroxyl groups is 2. The van der Waals surface area contributed by atoms with Crippen molar-refractivity contribution >= 4 is 44.1 Å². The van der Waals surface area contributed by atoms with E-state index < -0.39 is 60.1 Å². The van der Waals surface area contributed by atoms with Gasteiger partial charge in [-0.05, 0) is 74.0 Å². The van der Waals surface area contributed by atoms with Crippen LogP contribution in [-0.2, 0) is 20.6 Å². The smallest absolute Gasteiger partial charge is 0.335 e. The quantitative estimate of drug-likeness (QED) is 0.0959. The summed E-state index contributed by atoms with van der Waals surface area (Å²) in [5.41, 5.74) is -0.993. The highest BCUT2D eigenvalue weighted by Gasteiger charge is 2.58. The Morgan fingerprint density at radius 2 is 1.74 bits per heavy atom. The molecule has 3 aromatic rings. The Hall–Kier alpha value is -3.08. The minimum absolute atomic E-state index is 0.0111. The number of aliphatic hydroxyl groups is 3. The van der Waals surface area contributed by atoms with Gasteiger partial charge < -0.3 is 49.6 Å². The van der Waals surface area contributed by atoms with Crippen LogP contribution in [0.4, 0.5) is 0 Å². The van der Waals surface area contributed by atoms with Gasteiger partial charge in [-0.1, -0.05) is 64.8 Å². The minimum atomic E-state index is -1.75. The highest BCUT2D eigenvalue weighted by Crippen LogP contribution is 2.50. The van der Waals surface area contributed by atoms with Crippen LogP contribution in [0.3, 0.4) is 0 Å². The molecule has 4 aliphatic rings. The lowest BCUT2D eigenvalue weighted by atomic mass is 9.63. The molecule has 3 aliphatic heterocycles. The number of aryl methyl sites for hydroxylation is 1. The molecule has 1 spiro atoms. The first-order valence-corrected chi connectivity index (χ1v) is 21.1. The van der Waals surface area contributed by atoms with E-state index in [-0.39, 0.29) is 45.6 Å². The van der Waals surface area contributed by atoms with E-state index in [1.165, 1.54) is 17.7 Å². The second-order valence-corrected chi connectivity index (χ2v) is 17.5. The Labute approximate surface area is 321 Å². The second-order valence-electron chi connectivity index (χ2n) is 15.0. The molecule has 6 N–H and O–H groups in total. The molecule has 0 radical (unpaired) electrons. The fraction of sp³-hybridized carbons (Fsp3) is 0.550. The first kappa shape index (κ1) is 39.2. The average Bonchev–Trinajstić information content (AvgIpc) is 3.21. The number of ether oxygens (including phenoxy) is 4. The van der Waals surface area contributed by atoms with E-state index in [0.29, 0.717) is 49.5 Å². The van der Waals surface area contributed by atoms with Crippen LogP contribution in [0.2, 0.25) is 0 Å². The number of Topliss-reactive ketones (excluding diaryl/α,β-unsaturated/α-hetero) is 1. The Balaban J connectivity index is 1.20. The topological polar surface area (TPSA) is 192 Å². The number of phenols is 2. The van der Waals surface area contributed by atoms with Crippen LogP contribution >= 0.6 is 21.6 Å². The molecule has 0 aromatic heterocycles. The normalized spacial score (nSPS) is 31.7. The van der Waals surface area contributed by atoms with Crippen LogP contribution in [0.5, 0.6) is 17.2 Å². The highest BCUT2D eigenvalue weighted by atomic mass is 33.1. The van der Waals surface area contributed by atoms with Crippen molar-refractivity contribution in [2.75, 3.05) is 31.5 Å². The minimum Gasteiger partial charge on any atom is -0.507 e. The zero-order valence-corrected chi connectivity index (χ0v) is 31.7. The molecule has 9 atom stereocenters. The van der Waals surface area contributed by atoms with Crippen LogP contribution in [-0.4, -0.2) is 104 Å². The van der Waals surface area contributed by atoms with E-state index in [1.54, 1.807) is 10.8 Å². The summed E-state index contributed by atoms with van der Waals surface area (Å²) in [7, 11) is 3.17. The lowest BCUT2D eigenvalue weighted by Gasteiger charge is -2.51. The maximum absolute atomic E-state index is 13.6. The van der Waals surface area contributed by atoms with E-state index in [2.05, 4.69) is 0 Å². The number of hydrogen-bond acceptors (Lipinski definition) is 13. The summed E-state index contributed by atoms with van der Waals surface area (Å²) in [6, 6.07) is 11.6. The predicted molar refractivity (Wildman–Crippen MR) is 203 cm³/mol. The molecule has 7 rings (SSSR count). The van der Waals surface area contributed by atoms with Crippen LogP contribution < -0.4 is 4.74 Å². The molecular weight excluding hydrogens is 737 g/mol. The molecule has 3 aromatic carbocycles. The van der Waals surface area contributed by atoms with Crippen LogP contribution in [0.1, 0.15) is 70.4 Å². The zero-order valence-electron chi connectivity index (χ0n) is 30.1. The van der Waals surface area contributed by atoms with Crippen molar-refractivity contribution in [3.8, 4) is 17.2 Å². The standard InChI is InChI=1S/C40H48O12S2/c1-21-31(28(42)11-10-22-6-3-2-4-7-22)35(44)33-27(34(21)43)14-25(38(47)48)15-29(33)51-39-36(45)37(46)40(30(16-41)52-39)13-12-23-8-5-9-24-17-49-18-26(32(23)24)19-53-54-20-50-40/h2-4,6-7,14-15,23-24,26,30,32,36-37,39,41,43-46H,5,8-13,16-20H2,1H3,(H,47,48)/t23-,24-,26-,30-,32+,36-,37-,39+,40+/m1/s1. The summed E-state index contributed by atoms with van der Waals surface area (Å²) >= 11 is 0. The Bertz CT molecular complexity index is 1830. The number of ketones is 1. The van der Waals surface area contributed by atoms with E-state index in [0.717, 1.165) is 49.3 Å². The van der Waals surface area contributed by atoms with Gasteiger partial charge in [0, 0.05) is 29.7 Å². The van der Waals surface area contributed by atoms with Gasteiger partial charge in [-0.15, -0.1) is 0 Å². The summed E-state index contributed by atoms with van der Waals surface area (Å²) in [4.78, 5) is 25.8. The fourth-order valence-corrected chi connectivity index (χ4v) is 11.4. The number of aliphatic hydroxyl groups excluding tert-OH is 3. The number of phenolic OH excluding ortho intramolecular Hbond substituents is 2. The van der Waals surface area contributed by atoms with Gasteiger partial charge in [0.1, 0.15) is 47.1 Å². The zero-order chi connectivity index (χ0) is 38.1. The molecule has 54 heavy (non-hydrogen) atoms. The third-order valence-electron chi connectivity index (χ3n) is 12.0. The fourth-order valence-electron chi connectivity index (χ4n) is 9.29. The van der Waals surface area contributed by atoms with Crippen molar-refractivity contribution in [1.29, 1.82) is 0 Å². The van der Waals surface area contributed by atoms with Crippen molar-refractivity contribution in [3.63, 3.8) is 0 Å². The molecule has 3 heterocycles. The lowest BCUT2D eigenvalue weighted by molar-refractivity contribution is -0.322. The van der Waals surface area contributed by atoms with E-state index in [1.807, 2.05) is 30.3 Å². The van der Waals surface area contributed by atoms with E-state index in [4.69, 9.17) is 18.9 Å². The molecule has 4 fully saturated rings. The maximum Gasteiger partial charge on any atom is 0.335 e. The molecule has 0 unspecified atom stereocenters. The summed E-state index contributed by atoms with van der Waals surface area (Å²) < 4.78 is 24.8. The number of carbonyl (C=O) groups is 2. The predicted octanol–water partition coefficient (Wildman–Crippen LogP) is 5.46. The van der Waals surface area contributed by atoms with Crippen LogP contribution in [0, 0.1) is 30.6 Å². The number of benzene rings is 3. The van der Waals surface area contributed by atoms with Crippen molar-refractivity contribution in [1.82, 2.24) is 0 Å². The number of aromatic carboxylic acids is 1. The second kappa shape index (κ2) is 16.6. The summed E-state index contributed by atoms with van der Waals surface area (Å²) in [5, 5.41) is 67.1. The average molecular weight is 785 g/mol. The molecule has 0 bridgehead atoms. The lowest BCUT2D eigenvalue weighted by Crippen LogP contribution is -2.69. The molecule has 3 saturated heterocycles. The molecule has 1 saturated carbocycles. The maximum atomic E-state index is 13.6. The van der Waals surface area contributed by atoms with Gasteiger partial charge in [0.15, 0.2) is 5.78 Å². The number of carboxylic acids is 1. The van der Waals surface area contributed by atoms with E-state index in [9.17, 15) is 40.2 Å². The molecule has 1 aliphatic carbocycles. The third kappa shape index (κ3) is 7.43. The van der Waals surface area contributed by atoms with Gasteiger partial charge >= 0.3 is 5.97 Å². The molecule has 292 valence electrons. The number of carbonyl (C=O) groups excluding carboxylic acids is 1. The first-order valence-electron chi connectivity index (χ1n) is 18.6. The Morgan fingerprint density at radius 3 is 2.50 bits per heavy atom. The van der Waals surface area contributed by atoms with Gasteiger partial charge in [-0.2, -0.15) is 0 Å². The molecular formula is C40H48O12S2. The van der Waals surface area contributed by atoms with Crippen molar-refractivity contribution in [2.24, 2.45) is 23.7 Å². The van der Waals surface area contributed by atoms with Gasteiger partial charge in [0.25, 0.3) is 0 Å². The Kier molecular flexibility index (Phi) is 12.0.